The third-order valence-corrected chi connectivity index (χ3v) is 2.02. The van der Waals surface area contributed by atoms with E-state index in [1.807, 2.05) is 19.1 Å². The number of nitrogens with one attached hydrogen (secondary N) is 1. The number of nitrogens with zero attached hydrogens (tertiary/aromatic N) is 1. The Kier molecular flexibility index (Phi) is 4.07. The predicted molar refractivity (Wildman–Crippen MR) is 54.3 cm³/mol. The standard InChI is InChI=1S/C10H15N3O/c1-8(6-11)10(14)13-7-9-2-4-12-5-3-9/h2-5,8H,6-7,11H2,1H3,(H,13,14). The van der Waals surface area contributed by atoms with Gasteiger partial charge in [-0.05, 0) is 17.7 Å². The van der Waals surface area contributed by atoms with Crippen LogP contribution in [-0.4, -0.2) is 17.4 Å². The van der Waals surface area contributed by atoms with Crippen LogP contribution in [0.1, 0.15) is 12.5 Å². The summed E-state index contributed by atoms with van der Waals surface area (Å²) in [6.07, 6.45) is 3.40. The maximum atomic E-state index is 11.3. The summed E-state index contributed by atoms with van der Waals surface area (Å²) in [4.78, 5) is 15.2. The summed E-state index contributed by atoms with van der Waals surface area (Å²) >= 11 is 0. The summed E-state index contributed by atoms with van der Waals surface area (Å²) in [6, 6.07) is 3.74. The van der Waals surface area contributed by atoms with Crippen LogP contribution in [0.25, 0.3) is 0 Å². The van der Waals surface area contributed by atoms with Crippen molar-refractivity contribution in [2.75, 3.05) is 6.54 Å². The van der Waals surface area contributed by atoms with Gasteiger partial charge in [-0.25, -0.2) is 0 Å². The molecule has 1 heterocycles. The minimum atomic E-state index is -0.128. The third kappa shape index (κ3) is 3.14. The van der Waals surface area contributed by atoms with Crippen LogP contribution in [0.2, 0.25) is 0 Å². The number of amides is 1. The third-order valence-electron chi connectivity index (χ3n) is 2.02. The number of nitrogens with two attached hydrogens (primary N) is 1. The van der Waals surface area contributed by atoms with Gasteiger partial charge in [0, 0.05) is 31.4 Å². The first kappa shape index (κ1) is 10.7. The molecular weight excluding hydrogens is 178 g/mol. The molecule has 0 aliphatic carbocycles. The van der Waals surface area contributed by atoms with Crippen LogP contribution in [0.5, 0.6) is 0 Å². The highest BCUT2D eigenvalue weighted by molar-refractivity contribution is 5.78. The Hall–Kier alpha value is -1.42. The molecule has 0 spiro atoms. The fourth-order valence-corrected chi connectivity index (χ4v) is 0.971. The lowest BCUT2D eigenvalue weighted by Crippen LogP contribution is -2.32. The van der Waals surface area contributed by atoms with E-state index in [-0.39, 0.29) is 11.8 Å². The van der Waals surface area contributed by atoms with Crippen molar-refractivity contribution in [2.24, 2.45) is 11.7 Å². The molecule has 1 aromatic heterocycles. The number of hydrogen-bond acceptors (Lipinski definition) is 3. The molecule has 3 N–H and O–H groups in total. The Morgan fingerprint density at radius 2 is 2.21 bits per heavy atom. The molecule has 0 aromatic carbocycles. The quantitative estimate of drug-likeness (QED) is 0.722. The minimum absolute atomic E-state index is 0.00990. The van der Waals surface area contributed by atoms with E-state index < -0.39 is 0 Å². The first-order valence-electron chi connectivity index (χ1n) is 4.60. The number of carbonyl (C=O) groups excluding carboxylic acids is 1. The monoisotopic (exact) mass is 193 g/mol. The van der Waals surface area contributed by atoms with Gasteiger partial charge in [-0.3, -0.25) is 9.78 Å². The van der Waals surface area contributed by atoms with Gasteiger partial charge in [0.1, 0.15) is 0 Å². The molecule has 1 aromatic rings. The van der Waals surface area contributed by atoms with Crippen LogP contribution in [0.4, 0.5) is 0 Å². The molecule has 1 atom stereocenters. The zero-order valence-corrected chi connectivity index (χ0v) is 8.23. The van der Waals surface area contributed by atoms with Crippen molar-refractivity contribution in [3.8, 4) is 0 Å². The van der Waals surface area contributed by atoms with E-state index >= 15 is 0 Å². The van der Waals surface area contributed by atoms with E-state index in [4.69, 9.17) is 5.73 Å². The van der Waals surface area contributed by atoms with Crippen molar-refractivity contribution >= 4 is 5.91 Å². The molecule has 0 saturated heterocycles. The van der Waals surface area contributed by atoms with Crippen LogP contribution in [0.15, 0.2) is 24.5 Å². The highest BCUT2D eigenvalue weighted by atomic mass is 16.1. The van der Waals surface area contributed by atoms with Crippen molar-refractivity contribution in [3.63, 3.8) is 0 Å². The predicted octanol–water partition coefficient (Wildman–Crippen LogP) is 0.293. The first-order valence-corrected chi connectivity index (χ1v) is 4.60. The van der Waals surface area contributed by atoms with Crippen molar-refractivity contribution in [1.29, 1.82) is 0 Å². The normalized spacial score (nSPS) is 12.1. The molecule has 4 heteroatoms. The van der Waals surface area contributed by atoms with Crippen molar-refractivity contribution in [3.05, 3.63) is 30.1 Å². The molecule has 1 amide bonds. The van der Waals surface area contributed by atoms with Crippen molar-refractivity contribution in [2.45, 2.75) is 13.5 Å². The van der Waals surface area contributed by atoms with Gasteiger partial charge >= 0.3 is 0 Å². The molecule has 0 aliphatic heterocycles. The highest BCUT2D eigenvalue weighted by Crippen LogP contribution is 1.97. The summed E-state index contributed by atoms with van der Waals surface area (Å²) in [6.45, 7) is 2.72. The van der Waals surface area contributed by atoms with Gasteiger partial charge in [-0.15, -0.1) is 0 Å². The number of carbonyl (C=O) groups is 1. The van der Waals surface area contributed by atoms with E-state index in [0.717, 1.165) is 5.56 Å². The first-order chi connectivity index (χ1) is 6.74. The molecule has 0 fully saturated rings. The molecule has 0 bridgehead atoms. The van der Waals surface area contributed by atoms with E-state index in [0.29, 0.717) is 13.1 Å². The van der Waals surface area contributed by atoms with Gasteiger partial charge in [-0.2, -0.15) is 0 Å². The zero-order chi connectivity index (χ0) is 10.4. The molecule has 4 nitrogen and oxygen atoms in total. The van der Waals surface area contributed by atoms with Crippen molar-refractivity contribution in [1.82, 2.24) is 10.3 Å². The Morgan fingerprint density at radius 3 is 2.79 bits per heavy atom. The maximum Gasteiger partial charge on any atom is 0.224 e. The molecule has 76 valence electrons. The molecule has 14 heavy (non-hydrogen) atoms. The summed E-state index contributed by atoms with van der Waals surface area (Å²) in [5, 5.41) is 2.80. The van der Waals surface area contributed by atoms with Gasteiger partial charge < -0.3 is 11.1 Å². The van der Waals surface area contributed by atoms with Gasteiger partial charge in [0.25, 0.3) is 0 Å². The minimum Gasteiger partial charge on any atom is -0.352 e. The SMILES string of the molecule is CC(CN)C(=O)NCc1ccncc1. The van der Waals surface area contributed by atoms with Crippen LogP contribution in [-0.2, 0) is 11.3 Å². The molecule has 1 unspecified atom stereocenters. The van der Waals surface area contributed by atoms with Crippen LogP contribution in [0, 0.1) is 5.92 Å². The fourth-order valence-electron chi connectivity index (χ4n) is 0.971. The zero-order valence-electron chi connectivity index (χ0n) is 8.23. The second kappa shape index (κ2) is 5.34. The Labute approximate surface area is 83.5 Å². The summed E-state index contributed by atoms with van der Waals surface area (Å²) in [5.74, 6) is -0.138. The molecule has 0 saturated carbocycles. The molecule has 0 radical (unpaired) electrons. The second-order valence-corrected chi connectivity index (χ2v) is 3.21. The van der Waals surface area contributed by atoms with E-state index in [1.165, 1.54) is 0 Å². The fraction of sp³-hybridized carbons (Fsp3) is 0.400. The lowest BCUT2D eigenvalue weighted by atomic mass is 10.1. The van der Waals surface area contributed by atoms with Gasteiger partial charge in [0.2, 0.25) is 5.91 Å². The van der Waals surface area contributed by atoms with Gasteiger partial charge in [0.15, 0.2) is 0 Å². The molecule has 1 rings (SSSR count). The Bertz CT molecular complexity index is 287. The lowest BCUT2D eigenvalue weighted by Gasteiger charge is -2.09. The Morgan fingerprint density at radius 1 is 1.57 bits per heavy atom. The van der Waals surface area contributed by atoms with Crippen LogP contribution >= 0.6 is 0 Å². The maximum absolute atomic E-state index is 11.3. The highest BCUT2D eigenvalue weighted by Gasteiger charge is 2.09. The largest absolute Gasteiger partial charge is 0.352 e. The molecule has 0 aliphatic rings. The number of rotatable bonds is 4. The average Bonchev–Trinajstić information content (AvgIpc) is 2.26. The number of pyridine rings is 1. The van der Waals surface area contributed by atoms with Gasteiger partial charge in [-0.1, -0.05) is 6.92 Å². The van der Waals surface area contributed by atoms with E-state index in [9.17, 15) is 4.79 Å². The summed E-state index contributed by atoms with van der Waals surface area (Å²) in [7, 11) is 0. The van der Waals surface area contributed by atoms with E-state index in [1.54, 1.807) is 12.4 Å². The van der Waals surface area contributed by atoms with E-state index in [2.05, 4.69) is 10.3 Å². The van der Waals surface area contributed by atoms with Crippen molar-refractivity contribution < 1.29 is 4.79 Å². The number of aromatic nitrogens is 1. The van der Waals surface area contributed by atoms with Crippen LogP contribution < -0.4 is 11.1 Å². The molecular formula is C10H15N3O. The lowest BCUT2D eigenvalue weighted by molar-refractivity contribution is -0.124. The average molecular weight is 193 g/mol. The Balaban J connectivity index is 2.38. The van der Waals surface area contributed by atoms with Gasteiger partial charge in [0.05, 0.1) is 0 Å². The van der Waals surface area contributed by atoms with Crippen LogP contribution in [0.3, 0.4) is 0 Å². The number of hydrogen-bond donors (Lipinski definition) is 2. The topological polar surface area (TPSA) is 68.0 Å². The second-order valence-electron chi connectivity index (χ2n) is 3.21. The smallest absolute Gasteiger partial charge is 0.224 e. The summed E-state index contributed by atoms with van der Waals surface area (Å²) < 4.78 is 0. The summed E-state index contributed by atoms with van der Waals surface area (Å²) in [5.41, 5.74) is 6.41.